The van der Waals surface area contributed by atoms with Crippen molar-refractivity contribution in [2.24, 2.45) is 17.3 Å². The molecule has 0 radical (unpaired) electrons. The lowest BCUT2D eigenvalue weighted by Gasteiger charge is -2.39. The van der Waals surface area contributed by atoms with Crippen LogP contribution in [0.15, 0.2) is 18.2 Å². The van der Waals surface area contributed by atoms with Gasteiger partial charge >= 0.3 is 0 Å². The van der Waals surface area contributed by atoms with E-state index in [-0.39, 0.29) is 17.0 Å². The van der Waals surface area contributed by atoms with Gasteiger partial charge in [-0.2, -0.15) is 0 Å². The number of fused-ring (bicyclic) bond motifs is 2. The minimum Gasteiger partial charge on any atom is -0.314 e. The average Bonchev–Trinajstić information content (AvgIpc) is 3.02. The smallest absolute Gasteiger partial charge is 0.126 e. The van der Waals surface area contributed by atoms with E-state index < -0.39 is 0 Å². The van der Waals surface area contributed by atoms with Gasteiger partial charge in [0.25, 0.3) is 0 Å². The van der Waals surface area contributed by atoms with E-state index in [0.29, 0.717) is 23.9 Å². The van der Waals surface area contributed by atoms with Gasteiger partial charge in [0.1, 0.15) is 11.6 Å². The van der Waals surface area contributed by atoms with Gasteiger partial charge in [-0.3, -0.25) is 0 Å². The molecule has 1 aromatic rings. The molecule has 0 saturated heterocycles. The topological polar surface area (TPSA) is 12.0 Å². The largest absolute Gasteiger partial charge is 0.314 e. The van der Waals surface area contributed by atoms with E-state index in [4.69, 9.17) is 0 Å². The third-order valence-corrected chi connectivity index (χ3v) is 5.52. The molecule has 2 fully saturated rings. The van der Waals surface area contributed by atoms with Crippen molar-refractivity contribution in [1.29, 1.82) is 0 Å². The Balaban J connectivity index is 1.84. The molecule has 2 saturated carbocycles. The fourth-order valence-corrected chi connectivity index (χ4v) is 4.52. The van der Waals surface area contributed by atoms with Gasteiger partial charge in [0, 0.05) is 12.6 Å². The predicted octanol–water partition coefficient (Wildman–Crippen LogP) is 4.31. The molecule has 0 aliphatic heterocycles. The van der Waals surface area contributed by atoms with Crippen LogP contribution in [0.1, 0.15) is 45.1 Å². The Labute approximate surface area is 126 Å². The van der Waals surface area contributed by atoms with Crippen molar-refractivity contribution in [3.05, 3.63) is 35.4 Å². The number of nitrogens with one attached hydrogen (secondary N) is 1. The molecule has 2 aliphatic carbocycles. The first kappa shape index (κ1) is 15.0. The van der Waals surface area contributed by atoms with Crippen LogP contribution in [0.5, 0.6) is 0 Å². The molecular formula is C18H25F2N. The van der Waals surface area contributed by atoms with Crippen molar-refractivity contribution in [1.82, 2.24) is 5.32 Å². The maximum Gasteiger partial charge on any atom is 0.126 e. The highest BCUT2D eigenvalue weighted by molar-refractivity contribution is 5.22. The molecule has 116 valence electrons. The number of hydrogen-bond donors (Lipinski definition) is 1. The van der Waals surface area contributed by atoms with E-state index in [2.05, 4.69) is 19.2 Å². The lowest BCUT2D eigenvalue weighted by molar-refractivity contribution is 0.151. The molecule has 2 bridgehead atoms. The molecule has 0 amide bonds. The summed E-state index contributed by atoms with van der Waals surface area (Å²) >= 11 is 0. The van der Waals surface area contributed by atoms with Gasteiger partial charge in [-0.1, -0.05) is 20.3 Å². The molecule has 3 unspecified atom stereocenters. The second-order valence-corrected chi connectivity index (χ2v) is 7.39. The number of benzene rings is 1. The fourth-order valence-electron chi connectivity index (χ4n) is 4.52. The zero-order valence-electron chi connectivity index (χ0n) is 13.0. The lowest BCUT2D eigenvalue weighted by Crippen LogP contribution is -2.42. The quantitative estimate of drug-likeness (QED) is 0.853. The van der Waals surface area contributed by atoms with Crippen molar-refractivity contribution in [2.45, 2.75) is 52.0 Å². The highest BCUT2D eigenvalue weighted by atomic mass is 19.1. The molecule has 3 atom stereocenters. The van der Waals surface area contributed by atoms with Crippen molar-refractivity contribution < 1.29 is 8.78 Å². The summed E-state index contributed by atoms with van der Waals surface area (Å²) in [5, 5.41) is 3.55. The SMILES string of the molecule is CC(C)NCC1(Cc2cc(F)ccc2F)CC2CCC1C2. The Morgan fingerprint density at radius 2 is 2.10 bits per heavy atom. The Morgan fingerprint density at radius 1 is 1.29 bits per heavy atom. The normalized spacial score (nSPS) is 31.3. The monoisotopic (exact) mass is 293 g/mol. The Kier molecular flexibility index (Phi) is 4.04. The molecule has 1 N–H and O–H groups in total. The van der Waals surface area contributed by atoms with Crippen LogP contribution in [-0.2, 0) is 6.42 Å². The van der Waals surface area contributed by atoms with Crippen molar-refractivity contribution in [3.63, 3.8) is 0 Å². The van der Waals surface area contributed by atoms with Gasteiger partial charge in [0.15, 0.2) is 0 Å². The predicted molar refractivity (Wildman–Crippen MR) is 81.1 cm³/mol. The van der Waals surface area contributed by atoms with Gasteiger partial charge in [-0.05, 0) is 66.7 Å². The van der Waals surface area contributed by atoms with Gasteiger partial charge < -0.3 is 5.32 Å². The molecule has 1 nitrogen and oxygen atoms in total. The first-order valence-corrected chi connectivity index (χ1v) is 8.16. The van der Waals surface area contributed by atoms with Crippen LogP contribution in [0.2, 0.25) is 0 Å². The molecule has 2 aliphatic rings. The van der Waals surface area contributed by atoms with E-state index in [9.17, 15) is 8.78 Å². The summed E-state index contributed by atoms with van der Waals surface area (Å²) in [6.45, 7) is 5.20. The summed E-state index contributed by atoms with van der Waals surface area (Å²) in [4.78, 5) is 0. The second kappa shape index (κ2) is 5.68. The molecule has 0 heterocycles. The molecule has 3 rings (SSSR count). The summed E-state index contributed by atoms with van der Waals surface area (Å²) in [5.41, 5.74) is 0.662. The molecule has 3 heteroatoms. The van der Waals surface area contributed by atoms with Crippen LogP contribution in [0, 0.1) is 28.9 Å². The van der Waals surface area contributed by atoms with Crippen LogP contribution >= 0.6 is 0 Å². The highest BCUT2D eigenvalue weighted by Crippen LogP contribution is 2.57. The van der Waals surface area contributed by atoms with Crippen LogP contribution in [0.4, 0.5) is 8.78 Å². The molecule has 21 heavy (non-hydrogen) atoms. The summed E-state index contributed by atoms with van der Waals surface area (Å²) in [6, 6.07) is 4.29. The molecule has 1 aromatic carbocycles. The minimum atomic E-state index is -0.332. The van der Waals surface area contributed by atoms with Crippen LogP contribution in [-0.4, -0.2) is 12.6 Å². The summed E-state index contributed by atoms with van der Waals surface area (Å²) in [6.07, 6.45) is 5.67. The maximum atomic E-state index is 14.0. The summed E-state index contributed by atoms with van der Waals surface area (Å²) in [5.74, 6) is 0.863. The first-order chi connectivity index (χ1) is 9.98. The maximum absolute atomic E-state index is 14.0. The third kappa shape index (κ3) is 2.98. The third-order valence-electron chi connectivity index (χ3n) is 5.52. The fraction of sp³-hybridized carbons (Fsp3) is 0.667. The Morgan fingerprint density at radius 3 is 2.71 bits per heavy atom. The number of halogens is 2. The Hall–Kier alpha value is -0.960. The number of hydrogen-bond acceptors (Lipinski definition) is 1. The second-order valence-electron chi connectivity index (χ2n) is 7.39. The van der Waals surface area contributed by atoms with E-state index >= 15 is 0 Å². The van der Waals surface area contributed by atoms with Crippen LogP contribution < -0.4 is 5.32 Å². The zero-order chi connectivity index (χ0) is 15.0. The molecule has 0 spiro atoms. The minimum absolute atomic E-state index is 0.113. The van der Waals surface area contributed by atoms with E-state index in [1.54, 1.807) is 0 Å². The zero-order valence-corrected chi connectivity index (χ0v) is 13.0. The average molecular weight is 293 g/mol. The lowest BCUT2D eigenvalue weighted by atomic mass is 9.69. The van der Waals surface area contributed by atoms with Crippen molar-refractivity contribution in [3.8, 4) is 0 Å². The Bertz CT molecular complexity index is 514. The van der Waals surface area contributed by atoms with Gasteiger partial charge in [0.05, 0.1) is 0 Å². The van der Waals surface area contributed by atoms with Crippen LogP contribution in [0.25, 0.3) is 0 Å². The van der Waals surface area contributed by atoms with Gasteiger partial charge in [-0.15, -0.1) is 0 Å². The van der Waals surface area contributed by atoms with Gasteiger partial charge in [-0.25, -0.2) is 8.78 Å². The molecular weight excluding hydrogens is 268 g/mol. The summed E-state index contributed by atoms with van der Waals surface area (Å²) < 4.78 is 27.5. The van der Waals surface area contributed by atoms with E-state index in [1.165, 1.54) is 37.5 Å². The van der Waals surface area contributed by atoms with Gasteiger partial charge in [0.2, 0.25) is 0 Å². The van der Waals surface area contributed by atoms with Crippen LogP contribution in [0.3, 0.4) is 0 Å². The van der Waals surface area contributed by atoms with E-state index in [1.807, 2.05) is 0 Å². The van der Waals surface area contributed by atoms with Crippen molar-refractivity contribution in [2.75, 3.05) is 6.54 Å². The van der Waals surface area contributed by atoms with Crippen molar-refractivity contribution >= 4 is 0 Å². The highest BCUT2D eigenvalue weighted by Gasteiger charge is 2.50. The first-order valence-electron chi connectivity index (χ1n) is 8.16. The number of rotatable bonds is 5. The molecule has 0 aromatic heterocycles. The van der Waals surface area contributed by atoms with E-state index in [0.717, 1.165) is 18.9 Å². The summed E-state index contributed by atoms with van der Waals surface area (Å²) in [7, 11) is 0. The standard InChI is InChI=1S/C18H25F2N/c1-12(2)21-11-18(9-13-3-4-15(18)7-13)10-14-8-16(19)5-6-17(14)20/h5-6,8,12-13,15,21H,3-4,7,9-11H2,1-2H3.